The first-order chi connectivity index (χ1) is 11.6. The van der Waals surface area contributed by atoms with E-state index in [1.54, 1.807) is 23.2 Å². The van der Waals surface area contributed by atoms with Crippen LogP contribution in [0, 0.1) is 5.82 Å². The number of pyridine rings is 1. The van der Waals surface area contributed by atoms with E-state index in [9.17, 15) is 9.18 Å². The molecule has 0 bridgehead atoms. The normalized spacial score (nSPS) is 14.0. The lowest BCUT2D eigenvalue weighted by molar-refractivity contribution is 0.222. The maximum Gasteiger partial charge on any atom is 0.323 e. The summed E-state index contributed by atoms with van der Waals surface area (Å²) in [7, 11) is 0. The van der Waals surface area contributed by atoms with Gasteiger partial charge >= 0.3 is 6.03 Å². The van der Waals surface area contributed by atoms with Crippen LogP contribution in [-0.4, -0.2) is 29.0 Å². The van der Waals surface area contributed by atoms with E-state index in [0.29, 0.717) is 29.9 Å². The van der Waals surface area contributed by atoms with E-state index in [4.69, 9.17) is 5.73 Å². The molecule has 2 heterocycles. The van der Waals surface area contributed by atoms with E-state index in [-0.39, 0.29) is 11.8 Å². The Morgan fingerprint density at radius 2 is 2.00 bits per heavy atom. The number of nitrogens with one attached hydrogen (secondary N) is 1. The minimum atomic E-state index is -0.286. The third kappa shape index (κ3) is 4.01. The number of amides is 2. The number of hydrogen-bond donors (Lipinski definition) is 2. The van der Waals surface area contributed by atoms with Crippen LogP contribution < -0.4 is 11.1 Å². The second-order valence-corrected chi connectivity index (χ2v) is 6.02. The molecule has 2 aromatic rings. The average molecular weight is 328 g/mol. The van der Waals surface area contributed by atoms with Crippen molar-refractivity contribution in [2.75, 3.05) is 24.1 Å². The number of nitrogens with zero attached hydrogens (tertiary/aromatic N) is 2. The molecule has 1 aliphatic heterocycles. The number of urea groups is 1. The van der Waals surface area contributed by atoms with Gasteiger partial charge in [0.05, 0.1) is 0 Å². The van der Waals surface area contributed by atoms with Crippen molar-refractivity contribution in [2.24, 2.45) is 0 Å². The van der Waals surface area contributed by atoms with E-state index >= 15 is 0 Å². The summed E-state index contributed by atoms with van der Waals surface area (Å²) < 4.78 is 13.8. The minimum absolute atomic E-state index is 0.110. The molecule has 0 saturated carbocycles. The third-order valence-electron chi connectivity index (χ3n) is 4.21. The van der Waals surface area contributed by atoms with Crippen molar-refractivity contribution in [2.45, 2.75) is 25.7 Å². The van der Waals surface area contributed by atoms with E-state index in [2.05, 4.69) is 10.3 Å². The highest BCUT2D eigenvalue weighted by Crippen LogP contribution is 2.16. The Morgan fingerprint density at radius 1 is 1.21 bits per heavy atom. The maximum atomic E-state index is 13.8. The molecule has 1 aromatic heterocycles. The average Bonchev–Trinajstić information content (AvgIpc) is 3.09. The first-order valence-corrected chi connectivity index (χ1v) is 8.16. The Hall–Kier alpha value is -2.63. The SMILES string of the molecule is Nc1ccc(CCc2ccnc(NC(=O)N3CCCC3)c2)c(F)c1. The summed E-state index contributed by atoms with van der Waals surface area (Å²) in [6.07, 6.45) is 4.99. The number of carbonyl (C=O) groups excluding carboxylic acids is 1. The van der Waals surface area contributed by atoms with Crippen molar-refractivity contribution >= 4 is 17.5 Å². The third-order valence-corrected chi connectivity index (χ3v) is 4.21. The van der Waals surface area contributed by atoms with Crippen molar-refractivity contribution in [3.63, 3.8) is 0 Å². The quantitative estimate of drug-likeness (QED) is 0.847. The largest absolute Gasteiger partial charge is 0.399 e. The Kier molecular flexibility index (Phi) is 4.93. The highest BCUT2D eigenvalue weighted by atomic mass is 19.1. The van der Waals surface area contributed by atoms with Gasteiger partial charge in [0.15, 0.2) is 0 Å². The van der Waals surface area contributed by atoms with E-state index < -0.39 is 0 Å². The summed E-state index contributed by atoms with van der Waals surface area (Å²) in [6.45, 7) is 1.59. The van der Waals surface area contributed by atoms with Crippen LogP contribution in [0.15, 0.2) is 36.5 Å². The number of aryl methyl sites for hydroxylation is 2. The topological polar surface area (TPSA) is 71.2 Å². The van der Waals surface area contributed by atoms with E-state index in [0.717, 1.165) is 31.5 Å². The molecule has 0 atom stereocenters. The summed E-state index contributed by atoms with van der Waals surface area (Å²) in [5.41, 5.74) is 7.61. The number of anilines is 2. The minimum Gasteiger partial charge on any atom is -0.399 e. The number of likely N-dealkylation sites (tertiary alicyclic amines) is 1. The molecule has 1 aromatic carbocycles. The monoisotopic (exact) mass is 328 g/mol. The van der Waals surface area contributed by atoms with Crippen molar-refractivity contribution in [1.29, 1.82) is 0 Å². The summed E-state index contributed by atoms with van der Waals surface area (Å²) in [4.78, 5) is 18.1. The fourth-order valence-electron chi connectivity index (χ4n) is 2.85. The van der Waals surface area contributed by atoms with E-state index in [1.165, 1.54) is 6.07 Å². The summed E-state index contributed by atoms with van der Waals surface area (Å²) in [5, 5.41) is 2.83. The molecule has 0 aliphatic carbocycles. The van der Waals surface area contributed by atoms with Crippen LogP contribution in [0.2, 0.25) is 0 Å². The highest BCUT2D eigenvalue weighted by molar-refractivity contribution is 5.88. The molecule has 3 rings (SSSR count). The first-order valence-electron chi connectivity index (χ1n) is 8.16. The number of hydrogen-bond acceptors (Lipinski definition) is 3. The van der Waals surface area contributed by atoms with E-state index in [1.807, 2.05) is 12.1 Å². The smallest absolute Gasteiger partial charge is 0.323 e. The van der Waals surface area contributed by atoms with Gasteiger partial charge in [-0.2, -0.15) is 0 Å². The number of benzene rings is 1. The van der Waals surface area contributed by atoms with Gasteiger partial charge in [-0.1, -0.05) is 6.07 Å². The molecule has 0 radical (unpaired) electrons. The van der Waals surface area contributed by atoms with Crippen molar-refractivity contribution in [3.05, 3.63) is 53.5 Å². The lowest BCUT2D eigenvalue weighted by Gasteiger charge is -2.16. The Balaban J connectivity index is 1.61. The molecule has 3 N–H and O–H groups in total. The van der Waals surface area contributed by atoms with Gasteiger partial charge in [-0.25, -0.2) is 14.2 Å². The van der Waals surface area contributed by atoms with Gasteiger partial charge in [-0.05, 0) is 61.1 Å². The zero-order chi connectivity index (χ0) is 16.9. The molecular formula is C18H21FN4O. The molecule has 1 saturated heterocycles. The molecule has 6 heteroatoms. The number of carbonyl (C=O) groups is 1. The second kappa shape index (κ2) is 7.29. The summed E-state index contributed by atoms with van der Waals surface area (Å²) >= 11 is 0. The van der Waals surface area contributed by atoms with Crippen LogP contribution in [0.5, 0.6) is 0 Å². The van der Waals surface area contributed by atoms with Crippen molar-refractivity contribution in [3.8, 4) is 0 Å². The Labute approximate surface area is 140 Å². The van der Waals surface area contributed by atoms with Crippen LogP contribution in [0.1, 0.15) is 24.0 Å². The molecule has 0 spiro atoms. The van der Waals surface area contributed by atoms with Gasteiger partial charge in [-0.3, -0.25) is 5.32 Å². The van der Waals surface area contributed by atoms with Gasteiger partial charge < -0.3 is 10.6 Å². The molecule has 126 valence electrons. The lowest BCUT2D eigenvalue weighted by Crippen LogP contribution is -2.32. The zero-order valence-electron chi connectivity index (χ0n) is 13.5. The van der Waals surface area contributed by atoms with Gasteiger partial charge in [0.2, 0.25) is 0 Å². The highest BCUT2D eigenvalue weighted by Gasteiger charge is 2.18. The van der Waals surface area contributed by atoms with Crippen LogP contribution in [0.3, 0.4) is 0 Å². The summed E-state index contributed by atoms with van der Waals surface area (Å²) in [6, 6.07) is 8.35. The van der Waals surface area contributed by atoms with Crippen LogP contribution >= 0.6 is 0 Å². The molecule has 2 amide bonds. The molecular weight excluding hydrogens is 307 g/mol. The van der Waals surface area contributed by atoms with Crippen LogP contribution in [-0.2, 0) is 12.8 Å². The van der Waals surface area contributed by atoms with Crippen molar-refractivity contribution in [1.82, 2.24) is 9.88 Å². The summed E-state index contributed by atoms with van der Waals surface area (Å²) in [5.74, 6) is 0.244. The number of aromatic nitrogens is 1. The van der Waals surface area contributed by atoms with Crippen LogP contribution in [0.4, 0.5) is 20.7 Å². The Bertz CT molecular complexity index is 729. The second-order valence-electron chi connectivity index (χ2n) is 6.02. The molecule has 5 nitrogen and oxygen atoms in total. The number of halogens is 1. The molecule has 1 aliphatic rings. The van der Waals surface area contributed by atoms with Gasteiger partial charge in [-0.15, -0.1) is 0 Å². The predicted molar refractivity (Wildman–Crippen MR) is 92.3 cm³/mol. The predicted octanol–water partition coefficient (Wildman–Crippen LogP) is 3.22. The first kappa shape index (κ1) is 16.2. The molecule has 0 unspecified atom stereocenters. The number of rotatable bonds is 4. The standard InChI is InChI=1S/C18H21FN4O/c19-16-12-15(20)6-5-14(16)4-3-13-7-8-21-17(11-13)22-18(24)23-9-1-2-10-23/h5-8,11-12H,1-4,9-10,20H2,(H,21,22,24). The van der Waals surface area contributed by atoms with Crippen LogP contribution in [0.25, 0.3) is 0 Å². The fourth-order valence-corrected chi connectivity index (χ4v) is 2.85. The van der Waals surface area contributed by atoms with Gasteiger partial charge in [0.1, 0.15) is 11.6 Å². The van der Waals surface area contributed by atoms with Gasteiger partial charge in [0.25, 0.3) is 0 Å². The fraction of sp³-hybridized carbons (Fsp3) is 0.333. The molecule has 1 fully saturated rings. The van der Waals surface area contributed by atoms with Crippen molar-refractivity contribution < 1.29 is 9.18 Å². The number of nitrogens with two attached hydrogens (primary N) is 1. The lowest BCUT2D eigenvalue weighted by atomic mass is 10.0. The van der Waals surface area contributed by atoms with Gasteiger partial charge in [0, 0.05) is 25.0 Å². The molecule has 24 heavy (non-hydrogen) atoms. The Morgan fingerprint density at radius 3 is 2.75 bits per heavy atom. The zero-order valence-corrected chi connectivity index (χ0v) is 13.5. The maximum absolute atomic E-state index is 13.8. The number of nitrogen functional groups attached to an aromatic ring is 1.